The molecule has 1 aliphatic heterocycles. The van der Waals surface area contributed by atoms with Gasteiger partial charge in [0.05, 0.1) is 5.69 Å². The van der Waals surface area contributed by atoms with Gasteiger partial charge in [-0.05, 0) is 18.9 Å². The van der Waals surface area contributed by atoms with Crippen LogP contribution in [0.5, 0.6) is 0 Å². The minimum Gasteiger partial charge on any atom is -0.369 e. The number of aromatic nitrogens is 2. The Morgan fingerprint density at radius 2 is 2.00 bits per heavy atom. The van der Waals surface area contributed by atoms with Crippen molar-refractivity contribution >= 4 is 5.69 Å². The molecule has 2 aromatic rings. The van der Waals surface area contributed by atoms with E-state index < -0.39 is 5.95 Å². The van der Waals surface area contributed by atoms with Gasteiger partial charge in [-0.3, -0.25) is 4.90 Å². The Morgan fingerprint density at radius 3 is 2.73 bits per heavy atom. The molecular weight excluding hydrogens is 283 g/mol. The molecule has 2 aliphatic rings. The largest absolute Gasteiger partial charge is 0.369 e. The third kappa shape index (κ3) is 2.97. The highest BCUT2D eigenvalue weighted by molar-refractivity contribution is 5.45. The van der Waals surface area contributed by atoms with E-state index in [0.29, 0.717) is 5.92 Å². The van der Waals surface area contributed by atoms with Crippen molar-refractivity contribution in [3.8, 4) is 0 Å². The molecule has 3 heterocycles. The van der Waals surface area contributed by atoms with Gasteiger partial charge in [-0.1, -0.05) is 5.16 Å². The summed E-state index contributed by atoms with van der Waals surface area (Å²) in [7, 11) is 0. The van der Waals surface area contributed by atoms with Crippen LogP contribution in [0, 0.1) is 5.95 Å². The molecule has 2 aromatic heterocycles. The second-order valence-electron chi connectivity index (χ2n) is 6.09. The van der Waals surface area contributed by atoms with E-state index in [1.807, 2.05) is 6.07 Å². The molecule has 0 N–H and O–H groups in total. The Kier molecular flexibility index (Phi) is 3.54. The van der Waals surface area contributed by atoms with Gasteiger partial charge >= 0.3 is 0 Å². The molecule has 0 radical (unpaired) electrons. The quantitative estimate of drug-likeness (QED) is 0.812. The monoisotopic (exact) mass is 302 g/mol. The van der Waals surface area contributed by atoms with Crippen LogP contribution >= 0.6 is 0 Å². The summed E-state index contributed by atoms with van der Waals surface area (Å²) in [6, 6.07) is 5.45. The molecule has 1 saturated heterocycles. The lowest BCUT2D eigenvalue weighted by atomic mass is 10.2. The van der Waals surface area contributed by atoms with Crippen molar-refractivity contribution in [2.24, 2.45) is 0 Å². The summed E-state index contributed by atoms with van der Waals surface area (Å²) in [5.41, 5.74) is 1.93. The maximum Gasteiger partial charge on any atom is 0.214 e. The van der Waals surface area contributed by atoms with E-state index in [4.69, 9.17) is 4.52 Å². The lowest BCUT2D eigenvalue weighted by molar-refractivity contribution is 0.241. The molecule has 0 bridgehead atoms. The highest BCUT2D eigenvalue weighted by atomic mass is 19.1. The zero-order valence-corrected chi connectivity index (χ0v) is 12.4. The predicted molar refractivity (Wildman–Crippen MR) is 80.2 cm³/mol. The number of pyridine rings is 1. The summed E-state index contributed by atoms with van der Waals surface area (Å²) in [6.07, 6.45) is 3.98. The van der Waals surface area contributed by atoms with Crippen molar-refractivity contribution in [2.75, 3.05) is 31.1 Å². The standard InChI is InChI=1S/C16H19FN4O/c17-16-10-14(3-4-18-16)21-7-5-20(6-8-21)11-13-9-15(22-19-13)12-1-2-12/h3-4,9-10,12H,1-2,5-8,11H2. The third-order valence-electron chi connectivity index (χ3n) is 4.39. The number of rotatable bonds is 4. The lowest BCUT2D eigenvalue weighted by Crippen LogP contribution is -2.46. The first-order valence-corrected chi connectivity index (χ1v) is 7.82. The second-order valence-corrected chi connectivity index (χ2v) is 6.09. The normalized spacial score (nSPS) is 19.6. The molecule has 0 atom stereocenters. The number of anilines is 1. The van der Waals surface area contributed by atoms with Gasteiger partial charge in [-0.25, -0.2) is 4.98 Å². The maximum atomic E-state index is 13.2. The fourth-order valence-electron chi connectivity index (χ4n) is 2.95. The van der Waals surface area contributed by atoms with Gasteiger partial charge in [0, 0.05) is 62.7 Å². The molecule has 2 fully saturated rings. The molecule has 1 aliphatic carbocycles. The topological polar surface area (TPSA) is 45.4 Å². The van der Waals surface area contributed by atoms with Crippen molar-refractivity contribution in [1.82, 2.24) is 15.0 Å². The Labute approximate surface area is 128 Å². The first-order valence-electron chi connectivity index (χ1n) is 7.82. The summed E-state index contributed by atoms with van der Waals surface area (Å²) in [5.74, 6) is 1.23. The van der Waals surface area contributed by atoms with Gasteiger partial charge in [0.2, 0.25) is 5.95 Å². The van der Waals surface area contributed by atoms with E-state index in [-0.39, 0.29) is 0 Å². The Hall–Kier alpha value is -1.95. The van der Waals surface area contributed by atoms with Crippen LogP contribution in [0.2, 0.25) is 0 Å². The highest BCUT2D eigenvalue weighted by Gasteiger charge is 2.28. The Morgan fingerprint density at radius 1 is 1.18 bits per heavy atom. The summed E-state index contributed by atoms with van der Waals surface area (Å²) in [6.45, 7) is 4.48. The van der Waals surface area contributed by atoms with Gasteiger partial charge in [-0.2, -0.15) is 4.39 Å². The highest BCUT2D eigenvalue weighted by Crippen LogP contribution is 2.40. The summed E-state index contributed by atoms with van der Waals surface area (Å²) in [5, 5.41) is 4.17. The van der Waals surface area contributed by atoms with E-state index in [1.165, 1.54) is 25.1 Å². The van der Waals surface area contributed by atoms with E-state index in [1.54, 1.807) is 0 Å². The number of piperazine rings is 1. The zero-order chi connectivity index (χ0) is 14.9. The van der Waals surface area contributed by atoms with Crippen LogP contribution in [0.25, 0.3) is 0 Å². The summed E-state index contributed by atoms with van der Waals surface area (Å²) < 4.78 is 18.6. The second kappa shape index (κ2) is 5.68. The predicted octanol–water partition coefficient (Wildman–Crippen LogP) is 2.41. The van der Waals surface area contributed by atoms with E-state index in [9.17, 15) is 4.39 Å². The van der Waals surface area contributed by atoms with Crippen molar-refractivity contribution in [1.29, 1.82) is 0 Å². The fourth-order valence-corrected chi connectivity index (χ4v) is 2.95. The first kappa shape index (κ1) is 13.7. The van der Waals surface area contributed by atoms with Crippen molar-refractivity contribution in [3.05, 3.63) is 41.8 Å². The van der Waals surface area contributed by atoms with Crippen LogP contribution in [-0.4, -0.2) is 41.2 Å². The first-order chi connectivity index (χ1) is 10.8. The average molecular weight is 302 g/mol. The summed E-state index contributed by atoms with van der Waals surface area (Å²) >= 11 is 0. The number of nitrogens with zero attached hydrogens (tertiary/aromatic N) is 4. The van der Waals surface area contributed by atoms with E-state index in [0.717, 1.165) is 49.9 Å². The maximum absolute atomic E-state index is 13.2. The van der Waals surface area contributed by atoms with Gasteiger partial charge < -0.3 is 9.42 Å². The average Bonchev–Trinajstić information content (AvgIpc) is 3.28. The molecule has 0 aromatic carbocycles. The summed E-state index contributed by atoms with van der Waals surface area (Å²) in [4.78, 5) is 8.16. The van der Waals surface area contributed by atoms with Crippen LogP contribution in [0.1, 0.15) is 30.2 Å². The van der Waals surface area contributed by atoms with Crippen LogP contribution in [0.15, 0.2) is 28.9 Å². The van der Waals surface area contributed by atoms with Crippen LogP contribution in [0.3, 0.4) is 0 Å². The molecule has 6 heteroatoms. The van der Waals surface area contributed by atoms with Crippen molar-refractivity contribution < 1.29 is 8.91 Å². The Balaban J connectivity index is 1.33. The van der Waals surface area contributed by atoms with Gasteiger partial charge in [0.15, 0.2) is 0 Å². The van der Waals surface area contributed by atoms with E-state index >= 15 is 0 Å². The lowest BCUT2D eigenvalue weighted by Gasteiger charge is -2.35. The number of hydrogen-bond donors (Lipinski definition) is 0. The Bertz CT molecular complexity index is 647. The molecule has 0 spiro atoms. The minimum atomic E-state index is -0.421. The zero-order valence-electron chi connectivity index (χ0n) is 12.4. The van der Waals surface area contributed by atoms with E-state index in [2.05, 4.69) is 26.0 Å². The molecule has 0 unspecified atom stereocenters. The molecular formula is C16H19FN4O. The molecule has 5 nitrogen and oxygen atoms in total. The van der Waals surface area contributed by atoms with Gasteiger partial charge in [0.1, 0.15) is 5.76 Å². The minimum absolute atomic E-state index is 0.421. The van der Waals surface area contributed by atoms with Crippen molar-refractivity contribution in [2.45, 2.75) is 25.3 Å². The third-order valence-corrected chi connectivity index (χ3v) is 4.39. The number of halogens is 1. The molecule has 4 rings (SSSR count). The molecule has 22 heavy (non-hydrogen) atoms. The van der Waals surface area contributed by atoms with Crippen LogP contribution in [-0.2, 0) is 6.54 Å². The molecule has 116 valence electrons. The molecule has 1 saturated carbocycles. The van der Waals surface area contributed by atoms with Gasteiger partial charge in [0.25, 0.3) is 0 Å². The number of hydrogen-bond acceptors (Lipinski definition) is 5. The van der Waals surface area contributed by atoms with Gasteiger partial charge in [-0.15, -0.1) is 0 Å². The molecule has 0 amide bonds. The van der Waals surface area contributed by atoms with Crippen LogP contribution < -0.4 is 4.90 Å². The SMILES string of the molecule is Fc1cc(N2CCN(Cc3cc(C4CC4)on3)CC2)ccn1. The smallest absolute Gasteiger partial charge is 0.214 e. The van der Waals surface area contributed by atoms with Crippen molar-refractivity contribution in [3.63, 3.8) is 0 Å². The fraction of sp³-hybridized carbons (Fsp3) is 0.500. The van der Waals surface area contributed by atoms with Crippen LogP contribution in [0.4, 0.5) is 10.1 Å².